The molecule has 33 heavy (non-hydrogen) atoms. The van der Waals surface area contributed by atoms with Gasteiger partial charge in [-0.25, -0.2) is 9.37 Å². The summed E-state index contributed by atoms with van der Waals surface area (Å²) in [5.74, 6) is -2.84. The number of carbonyl (C=O) groups is 1. The predicted molar refractivity (Wildman–Crippen MR) is 109 cm³/mol. The van der Waals surface area contributed by atoms with Gasteiger partial charge in [0.1, 0.15) is 11.5 Å². The molecule has 0 spiro atoms. The number of benzene rings is 1. The minimum absolute atomic E-state index is 0.0403. The maximum atomic E-state index is 14.5. The zero-order valence-electron chi connectivity index (χ0n) is 16.5. The Hall–Kier alpha value is -3.18. The van der Waals surface area contributed by atoms with Crippen LogP contribution in [0.5, 0.6) is 0 Å². The monoisotopic (exact) mass is 502 g/mol. The van der Waals surface area contributed by atoms with Crippen molar-refractivity contribution in [1.82, 2.24) is 19.5 Å². The Morgan fingerprint density at radius 2 is 1.91 bits per heavy atom. The van der Waals surface area contributed by atoms with Gasteiger partial charge in [0.15, 0.2) is 5.65 Å². The highest BCUT2D eigenvalue weighted by atomic mass is 35.5. The third-order valence-corrected chi connectivity index (χ3v) is 5.39. The van der Waals surface area contributed by atoms with Crippen molar-refractivity contribution in [3.05, 3.63) is 57.6 Å². The van der Waals surface area contributed by atoms with Crippen LogP contribution in [-0.4, -0.2) is 30.6 Å². The Kier molecular flexibility index (Phi) is 5.79. The second kappa shape index (κ2) is 8.31. The average Bonchev–Trinajstić information content (AvgIpc) is 3.37. The summed E-state index contributed by atoms with van der Waals surface area (Å²) in [7, 11) is 0. The SMILES string of the molecule is CC(Cc1cc(Cl)c(-c2noc(-c3cn4cc(C(F)(F)F)cc(Cl)c4n3)n2)cc1F)C(=O)O. The smallest absolute Gasteiger partial charge is 0.417 e. The maximum absolute atomic E-state index is 14.5. The summed E-state index contributed by atoms with van der Waals surface area (Å²) in [6, 6.07) is 3.09. The van der Waals surface area contributed by atoms with Crippen LogP contribution in [0, 0.1) is 11.7 Å². The van der Waals surface area contributed by atoms with Crippen molar-refractivity contribution in [3.8, 4) is 23.0 Å². The number of hydrogen-bond acceptors (Lipinski definition) is 5. The molecule has 4 rings (SSSR count). The lowest BCUT2D eigenvalue weighted by atomic mass is 9.99. The molecule has 4 aromatic rings. The van der Waals surface area contributed by atoms with Crippen molar-refractivity contribution in [3.63, 3.8) is 0 Å². The highest BCUT2D eigenvalue weighted by Gasteiger charge is 2.32. The molecular formula is C20H12Cl2F4N4O3. The van der Waals surface area contributed by atoms with E-state index in [-0.39, 0.29) is 50.6 Å². The van der Waals surface area contributed by atoms with Gasteiger partial charge < -0.3 is 14.0 Å². The van der Waals surface area contributed by atoms with Gasteiger partial charge in [-0.15, -0.1) is 0 Å². The molecule has 1 aromatic carbocycles. The number of aromatic nitrogens is 4. The van der Waals surface area contributed by atoms with E-state index in [1.165, 1.54) is 19.2 Å². The molecular weight excluding hydrogens is 491 g/mol. The van der Waals surface area contributed by atoms with Crippen LogP contribution in [0.2, 0.25) is 10.0 Å². The van der Waals surface area contributed by atoms with Gasteiger partial charge in [0.05, 0.1) is 21.5 Å². The molecule has 0 amide bonds. The van der Waals surface area contributed by atoms with E-state index in [2.05, 4.69) is 15.1 Å². The number of aliphatic carboxylic acids is 1. The van der Waals surface area contributed by atoms with Crippen LogP contribution in [0.4, 0.5) is 17.6 Å². The third kappa shape index (κ3) is 4.51. The molecule has 3 heterocycles. The number of carboxylic acid groups (broad SMARTS) is 1. The van der Waals surface area contributed by atoms with E-state index in [9.17, 15) is 22.4 Å². The van der Waals surface area contributed by atoms with E-state index in [4.69, 9.17) is 32.8 Å². The van der Waals surface area contributed by atoms with E-state index in [1.54, 1.807) is 0 Å². The molecule has 0 saturated carbocycles. The van der Waals surface area contributed by atoms with Crippen LogP contribution in [0.15, 0.2) is 35.1 Å². The zero-order valence-corrected chi connectivity index (χ0v) is 18.0. The lowest BCUT2D eigenvalue weighted by molar-refractivity contribution is -0.141. The zero-order chi connectivity index (χ0) is 24.1. The number of pyridine rings is 1. The second-order valence-corrected chi connectivity index (χ2v) is 8.04. The molecule has 1 N–H and O–H groups in total. The first-order valence-electron chi connectivity index (χ1n) is 9.24. The van der Waals surface area contributed by atoms with Crippen molar-refractivity contribution in [2.45, 2.75) is 19.5 Å². The number of alkyl halides is 3. The van der Waals surface area contributed by atoms with E-state index in [0.29, 0.717) is 0 Å². The third-order valence-electron chi connectivity index (χ3n) is 4.80. The van der Waals surface area contributed by atoms with Gasteiger partial charge in [-0.05, 0) is 30.2 Å². The summed E-state index contributed by atoms with van der Waals surface area (Å²) < 4.78 is 59.8. The van der Waals surface area contributed by atoms with Gasteiger partial charge >= 0.3 is 12.1 Å². The van der Waals surface area contributed by atoms with Gasteiger partial charge in [0, 0.05) is 18.0 Å². The van der Waals surface area contributed by atoms with Crippen LogP contribution in [0.25, 0.3) is 28.6 Å². The predicted octanol–water partition coefficient (Wildman–Crippen LogP) is 5.78. The largest absolute Gasteiger partial charge is 0.481 e. The maximum Gasteiger partial charge on any atom is 0.417 e. The summed E-state index contributed by atoms with van der Waals surface area (Å²) in [5.41, 5.74) is -0.691. The van der Waals surface area contributed by atoms with E-state index in [0.717, 1.165) is 22.7 Å². The number of imidazole rings is 1. The topological polar surface area (TPSA) is 93.5 Å². The fourth-order valence-electron chi connectivity index (χ4n) is 3.08. The van der Waals surface area contributed by atoms with Gasteiger partial charge in [-0.3, -0.25) is 4.79 Å². The number of nitrogens with zero attached hydrogens (tertiary/aromatic N) is 4. The molecule has 1 atom stereocenters. The van der Waals surface area contributed by atoms with E-state index >= 15 is 0 Å². The Morgan fingerprint density at radius 3 is 2.58 bits per heavy atom. The standard InChI is InChI=1S/C20H12Cl2F4N4O3/c1-8(19(31)32)2-9-3-12(21)11(5-14(9)23)16-28-18(33-29-16)15-7-30-6-10(20(24,25)26)4-13(22)17(30)27-15/h3-8H,2H2,1H3,(H,31,32). The van der Waals surface area contributed by atoms with Gasteiger partial charge in [-0.1, -0.05) is 35.3 Å². The molecule has 0 radical (unpaired) electrons. The van der Waals surface area contributed by atoms with Crippen molar-refractivity contribution >= 4 is 34.8 Å². The molecule has 1 unspecified atom stereocenters. The summed E-state index contributed by atoms with van der Waals surface area (Å²) in [5, 5.41) is 12.6. The van der Waals surface area contributed by atoms with E-state index in [1.807, 2.05) is 0 Å². The number of carboxylic acids is 1. The van der Waals surface area contributed by atoms with Crippen LogP contribution in [0.3, 0.4) is 0 Å². The molecule has 13 heteroatoms. The normalized spacial score (nSPS) is 12.9. The van der Waals surface area contributed by atoms with Gasteiger partial charge in [0.2, 0.25) is 5.82 Å². The summed E-state index contributed by atoms with van der Waals surface area (Å²) in [4.78, 5) is 19.2. The fourth-order valence-corrected chi connectivity index (χ4v) is 3.61. The minimum atomic E-state index is -4.60. The number of rotatable bonds is 5. The van der Waals surface area contributed by atoms with Crippen molar-refractivity contribution in [2.75, 3.05) is 0 Å². The highest BCUT2D eigenvalue weighted by molar-refractivity contribution is 6.33. The molecule has 0 saturated heterocycles. The number of halogens is 6. The van der Waals surface area contributed by atoms with Gasteiger partial charge in [-0.2, -0.15) is 18.2 Å². The number of hydrogen-bond donors (Lipinski definition) is 1. The first-order chi connectivity index (χ1) is 15.4. The second-order valence-electron chi connectivity index (χ2n) is 7.22. The first-order valence-corrected chi connectivity index (χ1v) is 10.00. The average molecular weight is 503 g/mol. The Labute approximate surface area is 192 Å². The van der Waals surface area contributed by atoms with Crippen molar-refractivity contribution < 1.29 is 32.0 Å². The molecule has 3 aromatic heterocycles. The minimum Gasteiger partial charge on any atom is -0.481 e. The Balaban J connectivity index is 1.68. The molecule has 0 bridgehead atoms. The molecule has 0 aliphatic carbocycles. The van der Waals surface area contributed by atoms with Crippen molar-refractivity contribution in [2.24, 2.45) is 5.92 Å². The lowest BCUT2D eigenvalue weighted by Gasteiger charge is -2.09. The first kappa shape index (κ1) is 23.0. The highest BCUT2D eigenvalue weighted by Crippen LogP contribution is 2.34. The summed E-state index contributed by atoms with van der Waals surface area (Å²) in [6.45, 7) is 1.44. The van der Waals surface area contributed by atoms with E-state index < -0.39 is 29.4 Å². The summed E-state index contributed by atoms with van der Waals surface area (Å²) >= 11 is 12.2. The molecule has 172 valence electrons. The molecule has 7 nitrogen and oxygen atoms in total. The van der Waals surface area contributed by atoms with Gasteiger partial charge in [0.25, 0.3) is 5.89 Å². The fraction of sp³-hybridized carbons (Fsp3) is 0.200. The number of fused-ring (bicyclic) bond motifs is 1. The van der Waals surface area contributed by atoms with Crippen LogP contribution in [0.1, 0.15) is 18.1 Å². The van der Waals surface area contributed by atoms with Crippen molar-refractivity contribution in [1.29, 1.82) is 0 Å². The Morgan fingerprint density at radius 1 is 1.18 bits per heavy atom. The lowest BCUT2D eigenvalue weighted by Crippen LogP contribution is -2.13. The Bertz CT molecular complexity index is 1380. The summed E-state index contributed by atoms with van der Waals surface area (Å²) in [6.07, 6.45) is -2.62. The van der Waals surface area contributed by atoms with Crippen LogP contribution in [-0.2, 0) is 17.4 Å². The molecule has 0 aliphatic rings. The quantitative estimate of drug-likeness (QED) is 0.347. The molecule has 0 aliphatic heterocycles. The van der Waals surface area contributed by atoms with Crippen LogP contribution < -0.4 is 0 Å². The van der Waals surface area contributed by atoms with Crippen LogP contribution >= 0.6 is 23.2 Å². The molecule has 0 fully saturated rings.